The second-order valence-electron chi connectivity index (χ2n) is 5.92. The Morgan fingerprint density at radius 1 is 1.24 bits per heavy atom. The van der Waals surface area contributed by atoms with Gasteiger partial charge in [-0.15, -0.1) is 0 Å². The Balaban J connectivity index is 1.92. The third-order valence-corrected chi connectivity index (χ3v) is 3.97. The molecular formula is C21H18FN3O4. The lowest BCUT2D eigenvalue weighted by Gasteiger charge is -2.12. The molecule has 7 nitrogen and oxygen atoms in total. The van der Waals surface area contributed by atoms with Gasteiger partial charge in [0.25, 0.3) is 0 Å². The lowest BCUT2D eigenvalue weighted by Crippen LogP contribution is -2.13. The molecule has 1 N–H and O–H groups in total. The van der Waals surface area contributed by atoms with E-state index in [1.54, 1.807) is 30.3 Å². The van der Waals surface area contributed by atoms with Crippen molar-refractivity contribution in [3.8, 4) is 17.6 Å². The van der Waals surface area contributed by atoms with Gasteiger partial charge in [-0.1, -0.05) is 6.07 Å². The van der Waals surface area contributed by atoms with Crippen LogP contribution in [0.1, 0.15) is 18.3 Å². The molecule has 0 bridgehead atoms. The van der Waals surface area contributed by atoms with Crippen LogP contribution < -0.4 is 9.47 Å². The van der Waals surface area contributed by atoms with Crippen LogP contribution in [-0.2, 0) is 9.53 Å². The first-order chi connectivity index (χ1) is 14.0. The van der Waals surface area contributed by atoms with E-state index in [0.717, 1.165) is 0 Å². The van der Waals surface area contributed by atoms with Gasteiger partial charge in [0.1, 0.15) is 17.7 Å². The van der Waals surface area contributed by atoms with Crippen molar-refractivity contribution in [1.82, 2.24) is 9.97 Å². The first-order valence-electron chi connectivity index (χ1n) is 8.78. The van der Waals surface area contributed by atoms with E-state index in [1.165, 1.54) is 19.2 Å². The highest BCUT2D eigenvalue weighted by atomic mass is 19.1. The zero-order valence-electron chi connectivity index (χ0n) is 15.9. The Kier molecular flexibility index (Phi) is 6.09. The minimum absolute atomic E-state index is 0.245. The molecule has 148 valence electrons. The smallest absolute Gasteiger partial charge is 0.343 e. The number of hydrogen-bond donors (Lipinski definition) is 1. The van der Waals surface area contributed by atoms with E-state index in [9.17, 15) is 14.4 Å². The first kappa shape index (κ1) is 19.9. The summed E-state index contributed by atoms with van der Waals surface area (Å²) in [6, 6.07) is 11.3. The topological polar surface area (TPSA) is 97.2 Å². The molecule has 0 radical (unpaired) electrons. The standard InChI is InChI=1S/C21H18FN3O4/c1-3-28-19-9-13(4-7-18(19)29-12-20(26)27-2)8-14(11-23)21-24-16-6-5-15(22)10-17(16)25-21/h4-10H,3,12H2,1-2H3,(H,24,25)/b14-8-. The molecule has 3 aromatic rings. The number of fused-ring (bicyclic) bond motifs is 1. The SMILES string of the molecule is CCOc1cc(/C=C(/C#N)c2nc3ccc(F)cc3[nH]2)ccc1OCC(=O)OC. The van der Waals surface area contributed by atoms with Crippen LogP contribution in [0.2, 0.25) is 0 Å². The van der Waals surface area contributed by atoms with Crippen LogP contribution in [0, 0.1) is 17.1 Å². The maximum Gasteiger partial charge on any atom is 0.343 e. The number of allylic oxidation sites excluding steroid dienone is 1. The van der Waals surface area contributed by atoms with E-state index in [0.29, 0.717) is 40.5 Å². The molecule has 0 unspecified atom stereocenters. The van der Waals surface area contributed by atoms with Crippen molar-refractivity contribution >= 4 is 28.7 Å². The molecule has 29 heavy (non-hydrogen) atoms. The number of hydrogen-bond acceptors (Lipinski definition) is 6. The van der Waals surface area contributed by atoms with E-state index >= 15 is 0 Å². The number of imidazole rings is 1. The number of carbonyl (C=O) groups excluding carboxylic acids is 1. The predicted molar refractivity (Wildman–Crippen MR) is 105 cm³/mol. The largest absolute Gasteiger partial charge is 0.490 e. The number of nitrogens with one attached hydrogen (secondary N) is 1. The average Bonchev–Trinajstić information content (AvgIpc) is 3.14. The van der Waals surface area contributed by atoms with Gasteiger partial charge in [-0.05, 0) is 48.9 Å². The molecule has 0 amide bonds. The number of nitrogens with zero attached hydrogens (tertiary/aromatic N) is 2. The third-order valence-electron chi connectivity index (χ3n) is 3.97. The molecule has 0 aliphatic carbocycles. The van der Waals surface area contributed by atoms with Crippen LogP contribution in [0.5, 0.6) is 11.5 Å². The molecule has 0 spiro atoms. The number of ether oxygens (including phenoxy) is 3. The Morgan fingerprint density at radius 3 is 2.79 bits per heavy atom. The molecule has 0 saturated heterocycles. The summed E-state index contributed by atoms with van der Waals surface area (Å²) in [6.45, 7) is 1.97. The van der Waals surface area contributed by atoms with Gasteiger partial charge < -0.3 is 19.2 Å². The van der Waals surface area contributed by atoms with Gasteiger partial charge in [0, 0.05) is 0 Å². The zero-order chi connectivity index (χ0) is 20.8. The molecule has 1 aromatic heterocycles. The molecule has 0 atom stereocenters. The van der Waals surface area contributed by atoms with Crippen molar-refractivity contribution in [1.29, 1.82) is 5.26 Å². The van der Waals surface area contributed by atoms with Crippen molar-refractivity contribution in [2.45, 2.75) is 6.92 Å². The van der Waals surface area contributed by atoms with Gasteiger partial charge in [-0.3, -0.25) is 0 Å². The number of H-pyrrole nitrogens is 1. The van der Waals surface area contributed by atoms with Crippen LogP contribution in [0.4, 0.5) is 4.39 Å². The number of carbonyl (C=O) groups is 1. The van der Waals surface area contributed by atoms with Crippen molar-refractivity contribution in [2.75, 3.05) is 20.3 Å². The number of halogens is 1. The van der Waals surface area contributed by atoms with Crippen molar-refractivity contribution in [2.24, 2.45) is 0 Å². The minimum atomic E-state index is -0.510. The maximum absolute atomic E-state index is 13.4. The molecule has 1 heterocycles. The fraction of sp³-hybridized carbons (Fsp3) is 0.190. The number of benzene rings is 2. The van der Waals surface area contributed by atoms with Gasteiger partial charge in [0.05, 0.1) is 30.3 Å². The second-order valence-corrected chi connectivity index (χ2v) is 5.92. The number of methoxy groups -OCH3 is 1. The zero-order valence-corrected chi connectivity index (χ0v) is 15.9. The summed E-state index contributed by atoms with van der Waals surface area (Å²) in [7, 11) is 1.28. The number of nitriles is 1. The number of esters is 1. The summed E-state index contributed by atoms with van der Waals surface area (Å²) < 4.78 is 28.9. The summed E-state index contributed by atoms with van der Waals surface area (Å²) in [5.41, 5.74) is 2.00. The van der Waals surface area contributed by atoms with Crippen molar-refractivity contribution in [3.05, 3.63) is 53.6 Å². The van der Waals surface area contributed by atoms with E-state index in [1.807, 2.05) is 6.92 Å². The highest BCUT2D eigenvalue weighted by Gasteiger charge is 2.12. The van der Waals surface area contributed by atoms with Gasteiger partial charge in [0.15, 0.2) is 18.1 Å². The Labute approximate surface area is 166 Å². The second kappa shape index (κ2) is 8.89. The van der Waals surface area contributed by atoms with Crippen molar-refractivity contribution in [3.63, 3.8) is 0 Å². The molecule has 0 aliphatic heterocycles. The van der Waals surface area contributed by atoms with Crippen LogP contribution >= 0.6 is 0 Å². The fourth-order valence-corrected chi connectivity index (χ4v) is 2.63. The third kappa shape index (κ3) is 4.71. The molecule has 8 heteroatoms. The lowest BCUT2D eigenvalue weighted by atomic mass is 10.1. The summed E-state index contributed by atoms with van der Waals surface area (Å²) in [5, 5.41) is 9.56. The Morgan fingerprint density at radius 2 is 2.07 bits per heavy atom. The quantitative estimate of drug-likeness (QED) is 0.484. The van der Waals surface area contributed by atoms with Crippen LogP contribution in [0.3, 0.4) is 0 Å². The lowest BCUT2D eigenvalue weighted by molar-refractivity contribution is -0.142. The first-order valence-corrected chi connectivity index (χ1v) is 8.78. The molecule has 0 fully saturated rings. The average molecular weight is 395 g/mol. The van der Waals surface area contributed by atoms with Crippen LogP contribution in [0.15, 0.2) is 36.4 Å². The highest BCUT2D eigenvalue weighted by molar-refractivity contribution is 5.90. The molecule has 3 rings (SSSR count). The monoisotopic (exact) mass is 395 g/mol. The van der Waals surface area contributed by atoms with Gasteiger partial charge >= 0.3 is 5.97 Å². The minimum Gasteiger partial charge on any atom is -0.490 e. The summed E-state index contributed by atoms with van der Waals surface area (Å²) >= 11 is 0. The summed E-state index contributed by atoms with van der Waals surface area (Å²) in [4.78, 5) is 18.6. The maximum atomic E-state index is 13.4. The Hall–Kier alpha value is -3.86. The molecule has 0 saturated carbocycles. The van der Waals surface area contributed by atoms with E-state index < -0.39 is 5.97 Å². The summed E-state index contributed by atoms with van der Waals surface area (Å²) in [6.07, 6.45) is 1.63. The van der Waals surface area contributed by atoms with E-state index in [2.05, 4.69) is 20.8 Å². The fourth-order valence-electron chi connectivity index (χ4n) is 2.63. The molecular weight excluding hydrogens is 377 g/mol. The van der Waals surface area contributed by atoms with Crippen molar-refractivity contribution < 1.29 is 23.4 Å². The predicted octanol–water partition coefficient (Wildman–Crippen LogP) is 3.72. The summed E-state index contributed by atoms with van der Waals surface area (Å²) in [5.74, 6) is 0.238. The highest BCUT2D eigenvalue weighted by Crippen LogP contribution is 2.30. The van der Waals surface area contributed by atoms with Gasteiger partial charge in [0.2, 0.25) is 0 Å². The van der Waals surface area contributed by atoms with Crippen LogP contribution in [-0.4, -0.2) is 36.3 Å². The van der Waals surface area contributed by atoms with Gasteiger partial charge in [-0.25, -0.2) is 14.2 Å². The Bertz CT molecular complexity index is 1110. The van der Waals surface area contributed by atoms with Crippen LogP contribution in [0.25, 0.3) is 22.7 Å². The van der Waals surface area contributed by atoms with E-state index in [-0.39, 0.29) is 18.0 Å². The molecule has 0 aliphatic rings. The normalized spacial score (nSPS) is 11.2. The van der Waals surface area contributed by atoms with E-state index in [4.69, 9.17) is 9.47 Å². The number of rotatable bonds is 7. The molecule has 2 aromatic carbocycles. The van der Waals surface area contributed by atoms with Gasteiger partial charge in [-0.2, -0.15) is 5.26 Å². The number of aromatic nitrogens is 2. The number of aromatic amines is 1.